The highest BCUT2D eigenvalue weighted by molar-refractivity contribution is 5.97. The number of ether oxygens (including phenoxy) is 1. The zero-order valence-corrected chi connectivity index (χ0v) is 23.8. The monoisotopic (exact) mass is 617 g/mol. The van der Waals surface area contributed by atoms with Crippen molar-refractivity contribution in [3.05, 3.63) is 113 Å². The van der Waals surface area contributed by atoms with Crippen molar-refractivity contribution in [1.29, 1.82) is 0 Å². The lowest BCUT2D eigenvalue weighted by atomic mass is 10.0. The Morgan fingerprint density at radius 1 is 0.956 bits per heavy atom. The van der Waals surface area contributed by atoms with Crippen LogP contribution in [-0.2, 0) is 28.7 Å². The molecule has 0 aliphatic carbocycles. The molecule has 2 N–H and O–H groups in total. The second-order valence-corrected chi connectivity index (χ2v) is 10.1. The van der Waals surface area contributed by atoms with Gasteiger partial charge in [-0.25, -0.2) is 4.98 Å². The number of amides is 2. The normalized spacial score (nSPS) is 11.3. The van der Waals surface area contributed by atoms with Crippen molar-refractivity contribution in [1.82, 2.24) is 9.88 Å². The van der Waals surface area contributed by atoms with Gasteiger partial charge in [-0.05, 0) is 71.8 Å². The third-order valence-electron chi connectivity index (χ3n) is 6.87. The van der Waals surface area contributed by atoms with Gasteiger partial charge >= 0.3 is 12.1 Å². The van der Waals surface area contributed by atoms with E-state index in [-0.39, 0.29) is 29.1 Å². The molecule has 4 aromatic carbocycles. The van der Waals surface area contributed by atoms with E-state index in [1.807, 2.05) is 24.3 Å². The van der Waals surface area contributed by atoms with Gasteiger partial charge in [0, 0.05) is 23.4 Å². The van der Waals surface area contributed by atoms with Crippen LogP contribution in [0, 0.1) is 0 Å². The molecule has 1 heterocycles. The molecule has 2 amide bonds. The number of alkyl halides is 3. The molecule has 0 atom stereocenters. The Bertz CT molecular complexity index is 1820. The minimum absolute atomic E-state index is 0.000853. The minimum Gasteiger partial charge on any atom is -0.497 e. The number of hydrogen-bond acceptors (Lipinski definition) is 6. The molecule has 0 aliphatic rings. The van der Waals surface area contributed by atoms with Crippen LogP contribution < -0.4 is 10.1 Å². The Kier molecular flexibility index (Phi) is 8.84. The van der Waals surface area contributed by atoms with Gasteiger partial charge in [0.1, 0.15) is 17.8 Å². The highest BCUT2D eigenvalue weighted by atomic mass is 19.4. The number of para-hydroxylation sites is 2. The fraction of sp³-hybridized carbons (Fsp3) is 0.152. The fourth-order valence-corrected chi connectivity index (χ4v) is 4.69. The summed E-state index contributed by atoms with van der Waals surface area (Å²) in [7, 11) is 1.25. The molecule has 0 bridgehead atoms. The number of anilines is 1. The third-order valence-corrected chi connectivity index (χ3v) is 6.87. The molecule has 230 valence electrons. The van der Waals surface area contributed by atoms with E-state index in [1.54, 1.807) is 24.3 Å². The van der Waals surface area contributed by atoms with E-state index in [2.05, 4.69) is 10.3 Å². The summed E-state index contributed by atoms with van der Waals surface area (Å²) in [5.74, 6) is -2.02. The summed E-state index contributed by atoms with van der Waals surface area (Å²) in [6, 6.07) is 23.4. The molecule has 0 saturated carbocycles. The number of nitrogens with one attached hydrogen (secondary N) is 1. The first-order valence-electron chi connectivity index (χ1n) is 13.6. The van der Waals surface area contributed by atoms with Crippen LogP contribution in [0.1, 0.15) is 27.0 Å². The summed E-state index contributed by atoms with van der Waals surface area (Å²) >= 11 is 0. The van der Waals surface area contributed by atoms with Crippen LogP contribution >= 0.6 is 0 Å². The summed E-state index contributed by atoms with van der Waals surface area (Å²) in [4.78, 5) is 43.0. The summed E-state index contributed by atoms with van der Waals surface area (Å²) in [6.07, 6.45) is -5.22. The van der Waals surface area contributed by atoms with E-state index in [9.17, 15) is 32.7 Å². The topological polar surface area (TPSA) is 122 Å². The number of aromatic nitrogens is 1. The van der Waals surface area contributed by atoms with Crippen molar-refractivity contribution in [2.24, 2.45) is 0 Å². The van der Waals surface area contributed by atoms with Gasteiger partial charge in [0.05, 0.1) is 19.1 Å². The van der Waals surface area contributed by atoms with Gasteiger partial charge in [-0.15, -0.1) is 0 Å². The summed E-state index contributed by atoms with van der Waals surface area (Å²) < 4.78 is 51.2. The molecule has 0 fully saturated rings. The van der Waals surface area contributed by atoms with Gasteiger partial charge in [-0.2, -0.15) is 13.2 Å². The Labute approximate surface area is 254 Å². The third kappa shape index (κ3) is 7.47. The quantitative estimate of drug-likeness (QED) is 0.185. The lowest BCUT2D eigenvalue weighted by molar-refractivity contribution is -0.139. The molecule has 5 rings (SSSR count). The molecule has 0 radical (unpaired) electrons. The van der Waals surface area contributed by atoms with Crippen LogP contribution in [0.3, 0.4) is 0 Å². The number of halogens is 3. The van der Waals surface area contributed by atoms with Crippen molar-refractivity contribution >= 4 is 34.6 Å². The number of fused-ring (bicyclic) bond motifs is 1. The van der Waals surface area contributed by atoms with Gasteiger partial charge in [-0.1, -0.05) is 30.3 Å². The highest BCUT2D eigenvalue weighted by Gasteiger charge is 2.34. The second-order valence-electron chi connectivity index (χ2n) is 10.1. The summed E-state index contributed by atoms with van der Waals surface area (Å²) in [6.45, 7) is -0.561. The number of oxazole rings is 1. The van der Waals surface area contributed by atoms with E-state index in [1.165, 1.54) is 43.5 Å². The van der Waals surface area contributed by atoms with E-state index >= 15 is 0 Å². The Balaban J connectivity index is 1.25. The molecule has 9 nitrogen and oxygen atoms in total. The van der Waals surface area contributed by atoms with Crippen LogP contribution in [0.15, 0.2) is 95.4 Å². The molecule has 1 aromatic heterocycles. The molecule has 0 unspecified atom stereocenters. The largest absolute Gasteiger partial charge is 0.497 e. The van der Waals surface area contributed by atoms with Gasteiger partial charge in [0.15, 0.2) is 5.58 Å². The fourth-order valence-electron chi connectivity index (χ4n) is 4.69. The first kappa shape index (κ1) is 30.8. The SMILES string of the molecule is COc1ccc(CC(=O)Nc2ccc(C(=O)N(CC(=O)O)Cc3ccc(-c4nc5ccccc5o4)cc3)cc2)c(C(F)(F)F)c1. The number of carboxylic acids is 1. The van der Waals surface area contributed by atoms with E-state index < -0.39 is 42.5 Å². The smallest absolute Gasteiger partial charge is 0.416 e. The van der Waals surface area contributed by atoms with Crippen LogP contribution in [-0.4, -0.2) is 46.4 Å². The average molecular weight is 618 g/mol. The Morgan fingerprint density at radius 3 is 2.31 bits per heavy atom. The van der Waals surface area contributed by atoms with Crippen LogP contribution in [0.4, 0.5) is 18.9 Å². The summed E-state index contributed by atoms with van der Waals surface area (Å²) in [5.41, 5.74) is 1.96. The zero-order valence-electron chi connectivity index (χ0n) is 23.8. The summed E-state index contributed by atoms with van der Waals surface area (Å²) in [5, 5.41) is 12.0. The van der Waals surface area contributed by atoms with E-state index in [0.29, 0.717) is 28.1 Å². The van der Waals surface area contributed by atoms with E-state index in [0.717, 1.165) is 11.0 Å². The number of carbonyl (C=O) groups is 3. The highest BCUT2D eigenvalue weighted by Crippen LogP contribution is 2.35. The molecule has 45 heavy (non-hydrogen) atoms. The number of hydrogen-bond donors (Lipinski definition) is 2. The lowest BCUT2D eigenvalue weighted by Gasteiger charge is -2.21. The number of methoxy groups -OCH3 is 1. The lowest BCUT2D eigenvalue weighted by Crippen LogP contribution is -2.35. The molecular formula is C33H26F3N3O6. The maximum absolute atomic E-state index is 13.5. The number of carbonyl (C=O) groups excluding carboxylic acids is 2. The molecular weight excluding hydrogens is 591 g/mol. The first-order valence-corrected chi connectivity index (χ1v) is 13.6. The van der Waals surface area contributed by atoms with Crippen LogP contribution in [0.5, 0.6) is 5.75 Å². The number of carboxylic acid groups (broad SMARTS) is 1. The predicted molar refractivity (Wildman–Crippen MR) is 159 cm³/mol. The van der Waals surface area contributed by atoms with Crippen LogP contribution in [0.25, 0.3) is 22.6 Å². The van der Waals surface area contributed by atoms with Crippen molar-refractivity contribution in [2.75, 3.05) is 19.0 Å². The van der Waals surface area contributed by atoms with Gasteiger partial charge < -0.3 is 24.5 Å². The molecule has 12 heteroatoms. The average Bonchev–Trinajstić information content (AvgIpc) is 3.45. The van der Waals surface area contributed by atoms with Crippen molar-refractivity contribution in [3.8, 4) is 17.2 Å². The zero-order chi connectivity index (χ0) is 32.1. The Hall–Kier alpha value is -5.65. The van der Waals surface area contributed by atoms with Gasteiger partial charge in [-0.3, -0.25) is 14.4 Å². The van der Waals surface area contributed by atoms with Gasteiger partial charge in [0.2, 0.25) is 11.8 Å². The van der Waals surface area contributed by atoms with E-state index in [4.69, 9.17) is 9.15 Å². The predicted octanol–water partition coefficient (Wildman–Crippen LogP) is 6.43. The molecule has 0 spiro atoms. The Morgan fingerprint density at radius 2 is 1.67 bits per heavy atom. The number of aliphatic carboxylic acids is 1. The number of benzene rings is 4. The first-order chi connectivity index (χ1) is 21.5. The maximum atomic E-state index is 13.5. The maximum Gasteiger partial charge on any atom is 0.416 e. The van der Waals surface area contributed by atoms with Crippen molar-refractivity contribution < 1.29 is 41.8 Å². The second kappa shape index (κ2) is 12.9. The molecule has 5 aromatic rings. The number of nitrogens with zero attached hydrogens (tertiary/aromatic N) is 2. The molecule has 0 aliphatic heterocycles. The minimum atomic E-state index is -4.68. The standard InChI is InChI=1S/C33H26F3N3O6/c1-44-25-15-12-23(26(17-25)33(34,35)36)16-29(40)37-24-13-10-22(11-14-24)32(43)39(19-30(41)42)18-20-6-8-21(9-7-20)31-38-27-4-2-3-5-28(27)45-31/h2-15,17H,16,18-19H2,1H3,(H,37,40)(H,41,42). The van der Waals surface area contributed by atoms with Gasteiger partial charge in [0.25, 0.3) is 5.91 Å². The van der Waals surface area contributed by atoms with Crippen molar-refractivity contribution in [2.45, 2.75) is 19.1 Å². The molecule has 0 saturated heterocycles. The van der Waals surface area contributed by atoms with Crippen molar-refractivity contribution in [3.63, 3.8) is 0 Å². The van der Waals surface area contributed by atoms with Crippen LogP contribution in [0.2, 0.25) is 0 Å². The number of rotatable bonds is 10.